The molecule has 20 heavy (non-hydrogen) atoms. The molecule has 1 aromatic heterocycles. The number of hydrogen-bond acceptors (Lipinski definition) is 2. The summed E-state index contributed by atoms with van der Waals surface area (Å²) in [6.07, 6.45) is 4.91. The quantitative estimate of drug-likeness (QED) is 0.862. The molecule has 1 aliphatic rings. The lowest BCUT2D eigenvalue weighted by atomic mass is 9.97. The predicted molar refractivity (Wildman–Crippen MR) is 84.3 cm³/mol. The van der Waals surface area contributed by atoms with Gasteiger partial charge in [-0.1, -0.05) is 19.4 Å². The van der Waals surface area contributed by atoms with Crippen LogP contribution in [0.25, 0.3) is 11.0 Å². The third kappa shape index (κ3) is 2.37. The van der Waals surface area contributed by atoms with Gasteiger partial charge in [0, 0.05) is 17.0 Å². The van der Waals surface area contributed by atoms with Gasteiger partial charge in [0.25, 0.3) is 0 Å². The zero-order valence-corrected chi connectivity index (χ0v) is 13.1. The van der Waals surface area contributed by atoms with Gasteiger partial charge in [-0.25, -0.2) is 0 Å². The molecule has 1 aromatic carbocycles. The number of benzene rings is 1. The summed E-state index contributed by atoms with van der Waals surface area (Å²) in [4.78, 5) is 0. The van der Waals surface area contributed by atoms with Crippen LogP contribution in [0.2, 0.25) is 0 Å². The average molecular weight is 271 g/mol. The van der Waals surface area contributed by atoms with Crippen molar-refractivity contribution in [2.45, 2.75) is 66.0 Å². The first-order valence-electron chi connectivity index (χ1n) is 7.86. The maximum Gasteiger partial charge on any atom is 0.138 e. The van der Waals surface area contributed by atoms with E-state index in [1.807, 2.05) is 0 Å². The van der Waals surface area contributed by atoms with Gasteiger partial charge in [0.1, 0.15) is 11.3 Å². The van der Waals surface area contributed by atoms with Crippen LogP contribution in [0.15, 0.2) is 10.5 Å². The molecule has 2 aromatic rings. The van der Waals surface area contributed by atoms with Gasteiger partial charge in [-0.15, -0.1) is 0 Å². The molecule has 108 valence electrons. The van der Waals surface area contributed by atoms with Gasteiger partial charge in [-0.05, 0) is 56.7 Å². The van der Waals surface area contributed by atoms with Crippen LogP contribution in [0.3, 0.4) is 0 Å². The molecule has 2 nitrogen and oxygen atoms in total. The van der Waals surface area contributed by atoms with Gasteiger partial charge in [-0.3, -0.25) is 0 Å². The number of aryl methyl sites for hydroxylation is 4. The summed E-state index contributed by atoms with van der Waals surface area (Å²) < 4.78 is 6.26. The highest BCUT2D eigenvalue weighted by molar-refractivity contribution is 5.89. The van der Waals surface area contributed by atoms with E-state index < -0.39 is 0 Å². The van der Waals surface area contributed by atoms with E-state index >= 15 is 0 Å². The zero-order valence-electron chi connectivity index (χ0n) is 13.1. The summed E-state index contributed by atoms with van der Waals surface area (Å²) in [5.41, 5.74) is 6.51. The first-order valence-corrected chi connectivity index (χ1v) is 7.86. The van der Waals surface area contributed by atoms with Crippen molar-refractivity contribution in [2.75, 3.05) is 0 Å². The van der Waals surface area contributed by atoms with Crippen molar-refractivity contribution in [3.63, 3.8) is 0 Å². The molecule has 0 amide bonds. The summed E-state index contributed by atoms with van der Waals surface area (Å²) in [5, 5.41) is 4.96. The molecule has 1 saturated carbocycles. The Labute approximate surface area is 121 Å². The van der Waals surface area contributed by atoms with Crippen molar-refractivity contribution in [3.8, 4) is 0 Å². The highest BCUT2D eigenvalue weighted by Gasteiger charge is 2.23. The monoisotopic (exact) mass is 271 g/mol. The fraction of sp³-hybridized carbons (Fsp3) is 0.556. The molecule has 1 N–H and O–H groups in total. The summed E-state index contributed by atoms with van der Waals surface area (Å²) in [6, 6.07) is 3.02. The lowest BCUT2D eigenvalue weighted by Crippen LogP contribution is -2.15. The second-order valence-corrected chi connectivity index (χ2v) is 6.25. The summed E-state index contributed by atoms with van der Waals surface area (Å²) in [5.74, 6) is 1.16. The molecule has 0 radical (unpaired) electrons. The lowest BCUT2D eigenvalue weighted by molar-refractivity contribution is 0.504. The van der Waals surface area contributed by atoms with Gasteiger partial charge < -0.3 is 9.73 Å². The fourth-order valence-electron chi connectivity index (χ4n) is 3.06. The Bertz CT molecular complexity index is 635. The van der Waals surface area contributed by atoms with Gasteiger partial charge in [-0.2, -0.15) is 0 Å². The van der Waals surface area contributed by atoms with Crippen LogP contribution in [-0.4, -0.2) is 6.04 Å². The summed E-state index contributed by atoms with van der Waals surface area (Å²) >= 11 is 0. The number of rotatable bonds is 5. The molecule has 1 fully saturated rings. The van der Waals surface area contributed by atoms with Crippen LogP contribution >= 0.6 is 0 Å². The van der Waals surface area contributed by atoms with Gasteiger partial charge in [0.15, 0.2) is 0 Å². The first kappa shape index (κ1) is 13.7. The molecule has 2 heteroatoms. The normalized spacial score (nSPS) is 15.2. The van der Waals surface area contributed by atoms with E-state index in [4.69, 9.17) is 4.42 Å². The molecular formula is C18H25NO. The molecule has 0 unspecified atom stereocenters. The Balaban J connectivity index is 2.09. The van der Waals surface area contributed by atoms with Crippen molar-refractivity contribution in [3.05, 3.63) is 34.1 Å². The minimum atomic E-state index is 0.724. The van der Waals surface area contributed by atoms with Crippen molar-refractivity contribution >= 4 is 11.0 Å². The third-order valence-electron chi connectivity index (χ3n) is 4.48. The summed E-state index contributed by atoms with van der Waals surface area (Å²) in [6.45, 7) is 9.68. The minimum Gasteiger partial charge on any atom is -0.459 e. The Hall–Kier alpha value is -1.28. The Morgan fingerprint density at radius 3 is 2.60 bits per heavy atom. The maximum atomic E-state index is 6.26. The molecule has 0 spiro atoms. The Morgan fingerprint density at radius 1 is 1.20 bits per heavy atom. The average Bonchev–Trinajstić information content (AvgIpc) is 3.16. The topological polar surface area (TPSA) is 25.2 Å². The molecular weight excluding hydrogens is 246 g/mol. The van der Waals surface area contributed by atoms with Crippen molar-refractivity contribution in [1.82, 2.24) is 5.32 Å². The smallest absolute Gasteiger partial charge is 0.138 e. The van der Waals surface area contributed by atoms with Crippen molar-refractivity contribution < 1.29 is 4.42 Å². The molecule has 0 atom stereocenters. The highest BCUT2D eigenvalue weighted by Crippen LogP contribution is 2.34. The minimum absolute atomic E-state index is 0.724. The predicted octanol–water partition coefficient (Wildman–Crippen LogP) is 4.56. The van der Waals surface area contributed by atoms with Gasteiger partial charge >= 0.3 is 0 Å². The fourth-order valence-corrected chi connectivity index (χ4v) is 3.06. The standard InChI is InChI=1S/C18H25NO/c1-5-6-15-16(10-19-14-7-8-14)20-18-13(4)11(2)9-12(3)17(15)18/h9,14,19H,5-8,10H2,1-4H3. The van der Waals surface area contributed by atoms with Crippen LogP contribution in [0.1, 0.15) is 54.2 Å². The second-order valence-electron chi connectivity index (χ2n) is 6.25. The first-order chi connectivity index (χ1) is 9.61. The van der Waals surface area contributed by atoms with Crippen molar-refractivity contribution in [2.24, 2.45) is 0 Å². The Kier molecular flexibility index (Phi) is 3.59. The number of hydrogen-bond donors (Lipinski definition) is 1. The van der Waals surface area contributed by atoms with Crippen LogP contribution in [0, 0.1) is 20.8 Å². The van der Waals surface area contributed by atoms with Gasteiger partial charge in [0.05, 0.1) is 6.54 Å². The highest BCUT2D eigenvalue weighted by atomic mass is 16.3. The largest absolute Gasteiger partial charge is 0.459 e. The van der Waals surface area contributed by atoms with Crippen molar-refractivity contribution in [1.29, 1.82) is 0 Å². The van der Waals surface area contributed by atoms with E-state index in [-0.39, 0.29) is 0 Å². The zero-order chi connectivity index (χ0) is 14.3. The molecule has 1 aliphatic carbocycles. The second kappa shape index (κ2) is 5.25. The van der Waals surface area contributed by atoms with E-state index in [0.29, 0.717) is 0 Å². The van der Waals surface area contributed by atoms with E-state index in [1.165, 1.54) is 40.5 Å². The molecule has 0 saturated heterocycles. The number of fused-ring (bicyclic) bond motifs is 1. The number of nitrogens with one attached hydrogen (secondary N) is 1. The molecule has 0 aliphatic heterocycles. The van der Waals surface area contributed by atoms with Crippen LogP contribution < -0.4 is 5.32 Å². The van der Waals surface area contributed by atoms with E-state index in [1.54, 1.807) is 0 Å². The summed E-state index contributed by atoms with van der Waals surface area (Å²) in [7, 11) is 0. The number of furan rings is 1. The third-order valence-corrected chi connectivity index (χ3v) is 4.48. The van der Waals surface area contributed by atoms with E-state index in [0.717, 1.165) is 36.8 Å². The SMILES string of the molecule is CCCc1c(CNC2CC2)oc2c(C)c(C)cc(C)c12. The Morgan fingerprint density at radius 2 is 1.95 bits per heavy atom. The molecule has 1 heterocycles. The molecule has 3 rings (SSSR count). The van der Waals surface area contributed by atoms with E-state index in [2.05, 4.69) is 39.1 Å². The molecule has 0 bridgehead atoms. The van der Waals surface area contributed by atoms with Crippen LogP contribution in [0.4, 0.5) is 0 Å². The van der Waals surface area contributed by atoms with Crippen LogP contribution in [0.5, 0.6) is 0 Å². The maximum absolute atomic E-state index is 6.26. The van der Waals surface area contributed by atoms with E-state index in [9.17, 15) is 0 Å². The lowest BCUT2D eigenvalue weighted by Gasteiger charge is -2.05. The van der Waals surface area contributed by atoms with Crippen LogP contribution in [-0.2, 0) is 13.0 Å². The van der Waals surface area contributed by atoms with Gasteiger partial charge in [0.2, 0.25) is 0 Å².